The van der Waals surface area contributed by atoms with Crippen LogP contribution in [-0.4, -0.2) is 32.1 Å². The molecular weight excluding hydrogens is 566 g/mol. The van der Waals surface area contributed by atoms with Gasteiger partial charge in [-0.25, -0.2) is 0 Å². The summed E-state index contributed by atoms with van der Waals surface area (Å²) in [6.07, 6.45) is 15.1. The summed E-state index contributed by atoms with van der Waals surface area (Å²) < 4.78 is 26.0. The fourth-order valence-electron chi connectivity index (χ4n) is 6.80. The summed E-state index contributed by atoms with van der Waals surface area (Å²) >= 11 is 0. The van der Waals surface area contributed by atoms with E-state index in [2.05, 4.69) is 35.0 Å². The van der Waals surface area contributed by atoms with Crippen LogP contribution in [0, 0.1) is 0 Å². The number of fused-ring (bicyclic) bond motifs is 5. The second-order valence-corrected chi connectivity index (χ2v) is 12.5. The highest BCUT2D eigenvalue weighted by atomic mass is 16.7. The molecule has 0 N–H and O–H groups in total. The minimum absolute atomic E-state index is 0.0131. The standard InChI is InChI=1S/C38H44NO6/c1-24-25(2)37(41)28(20-32(24)40)13-11-9-7-5-6-8-10-12-14-36-44-34-21-27-17-18-39-23-30-26(15-16-33(42-3)38(30)43-4)19-31(39)29(27)22-35(34)45-36/h15-16,19-23,36H,5-14,17-18H2,1-4H3/q+1. The molecule has 45 heavy (non-hydrogen) atoms. The molecule has 236 valence electrons. The number of aromatic nitrogens is 1. The van der Waals surface area contributed by atoms with E-state index >= 15 is 0 Å². The average molecular weight is 611 g/mol. The van der Waals surface area contributed by atoms with Crippen molar-refractivity contribution in [1.82, 2.24) is 0 Å². The SMILES string of the molecule is COc1ccc2cc3[n+](cc2c1OC)CCc1cc2c(cc1-3)OC(CCCCCCCCCCC1=CC(=O)C(C)=C(C)C1=O)O2. The van der Waals surface area contributed by atoms with Gasteiger partial charge in [-0.05, 0) is 74.4 Å². The van der Waals surface area contributed by atoms with Crippen molar-refractivity contribution < 1.29 is 33.1 Å². The Kier molecular flexibility index (Phi) is 9.24. The molecule has 3 heterocycles. The second kappa shape index (κ2) is 13.5. The van der Waals surface area contributed by atoms with Crippen LogP contribution in [0.5, 0.6) is 23.0 Å². The van der Waals surface area contributed by atoms with Crippen molar-refractivity contribution in [3.8, 4) is 34.3 Å². The fraction of sp³-hybridized carbons (Fsp3) is 0.447. The van der Waals surface area contributed by atoms with Gasteiger partial charge in [0.15, 0.2) is 47.3 Å². The number of hydrogen-bond donors (Lipinski definition) is 0. The third kappa shape index (κ3) is 6.35. The number of ether oxygens (including phenoxy) is 4. The molecule has 7 heteroatoms. The number of carbonyl (C=O) groups is 2. The second-order valence-electron chi connectivity index (χ2n) is 12.5. The summed E-state index contributed by atoms with van der Waals surface area (Å²) in [5.74, 6) is 3.21. The number of unbranched alkanes of at least 4 members (excludes halogenated alkanes) is 7. The predicted octanol–water partition coefficient (Wildman–Crippen LogP) is 7.78. The number of rotatable bonds is 13. The quantitative estimate of drug-likeness (QED) is 0.112. The summed E-state index contributed by atoms with van der Waals surface area (Å²) in [6.45, 7) is 4.38. The van der Waals surface area contributed by atoms with Gasteiger partial charge in [-0.2, -0.15) is 4.57 Å². The molecule has 0 spiro atoms. The lowest BCUT2D eigenvalue weighted by atomic mass is 9.88. The van der Waals surface area contributed by atoms with Gasteiger partial charge in [0, 0.05) is 35.6 Å². The van der Waals surface area contributed by atoms with E-state index in [-0.39, 0.29) is 17.9 Å². The Bertz CT molecular complexity index is 1700. The Balaban J connectivity index is 0.939. The average Bonchev–Trinajstić information content (AvgIpc) is 3.45. The predicted molar refractivity (Wildman–Crippen MR) is 174 cm³/mol. The van der Waals surface area contributed by atoms with Crippen LogP contribution >= 0.6 is 0 Å². The number of allylic oxidation sites excluding steroid dienone is 4. The van der Waals surface area contributed by atoms with Crippen molar-refractivity contribution >= 4 is 22.3 Å². The summed E-state index contributed by atoms with van der Waals surface area (Å²) in [4.78, 5) is 24.4. The zero-order chi connectivity index (χ0) is 31.5. The molecule has 0 saturated carbocycles. The number of carbonyl (C=O) groups excluding carboxylic acids is 2. The van der Waals surface area contributed by atoms with Gasteiger partial charge in [0.05, 0.1) is 25.2 Å². The molecule has 1 aliphatic carbocycles. The molecule has 0 bridgehead atoms. The highest BCUT2D eigenvalue weighted by molar-refractivity contribution is 6.22. The summed E-state index contributed by atoms with van der Waals surface area (Å²) in [7, 11) is 3.35. The number of Topliss-reactive ketones (excluding diaryl/α,β-unsaturated/α-hetero) is 1. The molecule has 7 nitrogen and oxygen atoms in total. The minimum Gasteiger partial charge on any atom is -0.493 e. The van der Waals surface area contributed by atoms with Crippen molar-refractivity contribution in [2.24, 2.45) is 0 Å². The molecular formula is C38H44NO6+. The zero-order valence-corrected chi connectivity index (χ0v) is 27.0. The van der Waals surface area contributed by atoms with Gasteiger partial charge in [-0.1, -0.05) is 38.5 Å². The lowest BCUT2D eigenvalue weighted by Crippen LogP contribution is -2.40. The van der Waals surface area contributed by atoms with E-state index in [9.17, 15) is 9.59 Å². The number of aryl methyl sites for hydroxylation is 2. The molecule has 0 amide bonds. The molecule has 3 aliphatic rings. The molecule has 6 rings (SSSR count). The Labute approximate surface area is 265 Å². The van der Waals surface area contributed by atoms with Gasteiger partial charge in [-0.15, -0.1) is 0 Å². The Hall–Kier alpha value is -4.13. The van der Waals surface area contributed by atoms with Crippen molar-refractivity contribution in [2.75, 3.05) is 14.2 Å². The lowest BCUT2D eigenvalue weighted by molar-refractivity contribution is -0.686. The number of hydrogen-bond acceptors (Lipinski definition) is 6. The van der Waals surface area contributed by atoms with Gasteiger partial charge in [0.1, 0.15) is 0 Å². The maximum absolute atomic E-state index is 12.4. The molecule has 0 saturated heterocycles. The third-order valence-corrected chi connectivity index (χ3v) is 9.59. The first-order chi connectivity index (χ1) is 21.9. The third-order valence-electron chi connectivity index (χ3n) is 9.59. The Morgan fingerprint density at radius 1 is 0.844 bits per heavy atom. The van der Waals surface area contributed by atoms with E-state index in [0.717, 1.165) is 85.3 Å². The number of nitrogens with zero attached hydrogens (tertiary/aromatic N) is 1. The van der Waals surface area contributed by atoms with E-state index < -0.39 is 0 Å². The summed E-state index contributed by atoms with van der Waals surface area (Å²) in [6, 6.07) is 10.6. The molecule has 1 unspecified atom stereocenters. The van der Waals surface area contributed by atoms with Crippen LogP contribution in [0.25, 0.3) is 22.0 Å². The fourth-order valence-corrected chi connectivity index (χ4v) is 6.80. The van der Waals surface area contributed by atoms with Crippen LogP contribution in [0.15, 0.2) is 59.3 Å². The molecule has 2 aliphatic heterocycles. The molecule has 3 aromatic rings. The first-order valence-electron chi connectivity index (χ1n) is 16.4. The van der Waals surface area contributed by atoms with Gasteiger partial charge in [-0.3, -0.25) is 9.59 Å². The monoisotopic (exact) mass is 610 g/mol. The summed E-state index contributed by atoms with van der Waals surface area (Å²) in [5.41, 5.74) is 5.52. The number of ketones is 2. The zero-order valence-electron chi connectivity index (χ0n) is 27.0. The van der Waals surface area contributed by atoms with E-state index in [1.165, 1.54) is 36.1 Å². The van der Waals surface area contributed by atoms with E-state index in [1.54, 1.807) is 34.1 Å². The van der Waals surface area contributed by atoms with Crippen LogP contribution in [0.2, 0.25) is 0 Å². The first-order valence-corrected chi connectivity index (χ1v) is 16.4. The van der Waals surface area contributed by atoms with Gasteiger partial charge in [0.25, 0.3) is 0 Å². The van der Waals surface area contributed by atoms with E-state index in [4.69, 9.17) is 18.9 Å². The Morgan fingerprint density at radius 3 is 2.29 bits per heavy atom. The number of pyridine rings is 1. The van der Waals surface area contributed by atoms with Crippen LogP contribution in [-0.2, 0) is 22.6 Å². The normalized spacial score (nSPS) is 17.0. The van der Waals surface area contributed by atoms with Gasteiger partial charge >= 0.3 is 0 Å². The van der Waals surface area contributed by atoms with Crippen LogP contribution < -0.4 is 23.5 Å². The Morgan fingerprint density at radius 2 is 1.56 bits per heavy atom. The van der Waals surface area contributed by atoms with E-state index in [1.807, 2.05) is 6.07 Å². The first kappa shape index (κ1) is 30.9. The van der Waals surface area contributed by atoms with Crippen LogP contribution in [0.1, 0.15) is 83.6 Å². The molecule has 0 fully saturated rings. The highest BCUT2D eigenvalue weighted by Gasteiger charge is 2.31. The van der Waals surface area contributed by atoms with Crippen molar-refractivity contribution in [3.63, 3.8) is 0 Å². The smallest absolute Gasteiger partial charge is 0.241 e. The molecule has 0 radical (unpaired) electrons. The highest BCUT2D eigenvalue weighted by Crippen LogP contribution is 2.43. The van der Waals surface area contributed by atoms with Crippen molar-refractivity contribution in [3.05, 3.63) is 64.9 Å². The maximum Gasteiger partial charge on any atom is 0.241 e. The summed E-state index contributed by atoms with van der Waals surface area (Å²) in [5, 5.41) is 2.15. The van der Waals surface area contributed by atoms with Gasteiger partial charge < -0.3 is 18.9 Å². The lowest BCUT2D eigenvalue weighted by Gasteiger charge is -2.17. The number of benzene rings is 2. The van der Waals surface area contributed by atoms with E-state index in [0.29, 0.717) is 23.1 Å². The van der Waals surface area contributed by atoms with Gasteiger partial charge in [0.2, 0.25) is 12.0 Å². The van der Waals surface area contributed by atoms with Crippen molar-refractivity contribution in [2.45, 2.75) is 97.3 Å². The maximum atomic E-state index is 12.4. The molecule has 1 aromatic heterocycles. The van der Waals surface area contributed by atoms with Crippen LogP contribution in [0.4, 0.5) is 0 Å². The minimum atomic E-state index is -0.227. The molecule has 1 atom stereocenters. The number of methoxy groups -OCH3 is 2. The largest absolute Gasteiger partial charge is 0.493 e. The topological polar surface area (TPSA) is 74.9 Å². The molecule has 2 aromatic carbocycles. The van der Waals surface area contributed by atoms with Crippen LogP contribution in [0.3, 0.4) is 0 Å². The van der Waals surface area contributed by atoms with Crippen molar-refractivity contribution in [1.29, 1.82) is 0 Å².